The third kappa shape index (κ3) is 6.64. The minimum Gasteiger partial charge on any atom is -0.493 e. The summed E-state index contributed by atoms with van der Waals surface area (Å²) in [6.45, 7) is 2.02. The number of nitrogens with one attached hydrogen (secondary N) is 2. The number of carbonyl (C=O) groups is 2. The molecule has 0 spiro atoms. The average molecular weight is 532 g/mol. The summed E-state index contributed by atoms with van der Waals surface area (Å²) >= 11 is 0. The van der Waals surface area contributed by atoms with Crippen LogP contribution in [-0.4, -0.2) is 48.5 Å². The van der Waals surface area contributed by atoms with E-state index in [1.54, 1.807) is 12.1 Å². The highest BCUT2D eigenvalue weighted by molar-refractivity contribution is 5.85. The summed E-state index contributed by atoms with van der Waals surface area (Å²) in [6, 6.07) is 15.7. The number of para-hydroxylation sites is 3. The second-order valence-corrected chi connectivity index (χ2v) is 9.05. The summed E-state index contributed by atoms with van der Waals surface area (Å²) in [5, 5.41) is 7.18. The quantitative estimate of drug-likeness (QED) is 0.315. The van der Waals surface area contributed by atoms with Crippen LogP contribution in [0.2, 0.25) is 0 Å². The van der Waals surface area contributed by atoms with E-state index in [0.29, 0.717) is 25.7 Å². The first-order chi connectivity index (χ1) is 18.1. The number of hydrogen-bond donors (Lipinski definition) is 2. The minimum atomic E-state index is -5.29. The van der Waals surface area contributed by atoms with Crippen LogP contribution >= 0.6 is 0 Å². The molecular weight excluding hydrogens is 503 g/mol. The zero-order valence-electron chi connectivity index (χ0n) is 20.9. The number of aromatic nitrogens is 1. The Labute approximate surface area is 217 Å². The maximum atomic E-state index is 12.9. The predicted octanol–water partition coefficient (Wildman–Crippen LogP) is 4.90. The zero-order chi connectivity index (χ0) is 27.3. The van der Waals surface area contributed by atoms with E-state index < -0.39 is 24.3 Å². The molecule has 1 fully saturated rings. The first-order valence-corrected chi connectivity index (χ1v) is 12.1. The lowest BCUT2D eigenvalue weighted by molar-refractivity contribution is -0.216. The number of nitrogens with zero attached hydrogens (tertiary/aromatic N) is 1. The Balaban J connectivity index is 1.37. The molecule has 3 aromatic rings. The van der Waals surface area contributed by atoms with Gasteiger partial charge in [-0.1, -0.05) is 30.3 Å². The Kier molecular flexibility index (Phi) is 8.23. The third-order valence-electron chi connectivity index (χ3n) is 6.31. The van der Waals surface area contributed by atoms with E-state index in [2.05, 4.69) is 20.4 Å². The number of alkyl halides is 3. The maximum Gasteiger partial charge on any atom is 0.491 e. The molecule has 1 unspecified atom stereocenters. The summed E-state index contributed by atoms with van der Waals surface area (Å²) in [4.78, 5) is 29.0. The molecule has 0 aliphatic heterocycles. The molecule has 1 saturated carbocycles. The number of halogens is 3. The highest BCUT2D eigenvalue weighted by atomic mass is 19.4. The van der Waals surface area contributed by atoms with Gasteiger partial charge in [0.2, 0.25) is 0 Å². The van der Waals surface area contributed by atoms with Crippen molar-refractivity contribution in [3.63, 3.8) is 0 Å². The number of amides is 1. The molecule has 8 nitrogen and oxygen atoms in total. The van der Waals surface area contributed by atoms with Crippen molar-refractivity contribution in [1.82, 2.24) is 10.3 Å². The largest absolute Gasteiger partial charge is 0.493 e. The third-order valence-corrected chi connectivity index (χ3v) is 6.31. The fourth-order valence-corrected chi connectivity index (χ4v) is 4.41. The number of hydrogen-bond acceptors (Lipinski definition) is 7. The molecule has 0 bridgehead atoms. The zero-order valence-corrected chi connectivity index (χ0v) is 20.9. The van der Waals surface area contributed by atoms with Crippen LogP contribution in [0.25, 0.3) is 10.9 Å². The van der Waals surface area contributed by atoms with Crippen molar-refractivity contribution in [2.45, 2.75) is 57.2 Å². The predicted molar refractivity (Wildman–Crippen MR) is 134 cm³/mol. The Morgan fingerprint density at radius 2 is 1.61 bits per heavy atom. The van der Waals surface area contributed by atoms with Gasteiger partial charge in [-0.3, -0.25) is 4.79 Å². The van der Waals surface area contributed by atoms with Gasteiger partial charge in [-0.25, -0.2) is 9.78 Å². The fraction of sp³-hybridized carbons (Fsp3) is 0.370. The minimum absolute atomic E-state index is 0.0452. The standard InChI is InChI=1S/C27H28F3N3O5/c1-16-15-23(33-20-8-4-3-7-19(16)20)31-17-11-13-18(14-12-17)32-24(34)25(38-26(35)27(28,29)30)37-22-10-6-5-9-21(22)36-2/h3-10,15,17-18,25H,11-14H2,1-2H3,(H,31,33)(H,32,34). The summed E-state index contributed by atoms with van der Waals surface area (Å²) in [7, 11) is 1.33. The van der Waals surface area contributed by atoms with Crippen LogP contribution in [0.3, 0.4) is 0 Å². The first kappa shape index (κ1) is 27.0. The number of anilines is 1. The fourth-order valence-electron chi connectivity index (χ4n) is 4.41. The van der Waals surface area contributed by atoms with E-state index >= 15 is 0 Å². The monoisotopic (exact) mass is 531 g/mol. The van der Waals surface area contributed by atoms with E-state index in [4.69, 9.17) is 9.47 Å². The Morgan fingerprint density at radius 1 is 0.974 bits per heavy atom. The maximum absolute atomic E-state index is 12.9. The van der Waals surface area contributed by atoms with E-state index in [-0.39, 0.29) is 23.6 Å². The molecule has 0 saturated heterocycles. The van der Waals surface area contributed by atoms with Crippen LogP contribution in [0.5, 0.6) is 11.5 Å². The van der Waals surface area contributed by atoms with Gasteiger partial charge in [0.15, 0.2) is 11.5 Å². The highest BCUT2D eigenvalue weighted by Crippen LogP contribution is 2.29. The molecule has 2 N–H and O–H groups in total. The van der Waals surface area contributed by atoms with Crippen molar-refractivity contribution in [3.05, 3.63) is 60.2 Å². The van der Waals surface area contributed by atoms with Crippen molar-refractivity contribution < 1.29 is 37.0 Å². The van der Waals surface area contributed by atoms with Crippen LogP contribution < -0.4 is 20.1 Å². The van der Waals surface area contributed by atoms with Gasteiger partial charge in [0.05, 0.1) is 12.6 Å². The summed E-state index contributed by atoms with van der Waals surface area (Å²) in [6.07, 6.45) is -4.94. The molecule has 1 aliphatic carbocycles. The van der Waals surface area contributed by atoms with Crippen molar-refractivity contribution in [3.8, 4) is 11.5 Å². The summed E-state index contributed by atoms with van der Waals surface area (Å²) in [5.74, 6) is -2.64. The first-order valence-electron chi connectivity index (χ1n) is 12.1. The van der Waals surface area contributed by atoms with Gasteiger partial charge in [-0.05, 0) is 62.4 Å². The Hall–Kier alpha value is -4.02. The van der Waals surface area contributed by atoms with Crippen molar-refractivity contribution in [2.24, 2.45) is 0 Å². The van der Waals surface area contributed by atoms with Gasteiger partial charge in [-0.2, -0.15) is 13.2 Å². The summed E-state index contributed by atoms with van der Waals surface area (Å²) in [5.41, 5.74) is 2.00. The van der Waals surface area contributed by atoms with Gasteiger partial charge < -0.3 is 24.8 Å². The number of benzene rings is 2. The van der Waals surface area contributed by atoms with Crippen LogP contribution in [0.1, 0.15) is 31.2 Å². The molecule has 38 heavy (non-hydrogen) atoms. The van der Waals surface area contributed by atoms with Gasteiger partial charge >= 0.3 is 24.3 Å². The van der Waals surface area contributed by atoms with Crippen molar-refractivity contribution in [1.29, 1.82) is 0 Å². The van der Waals surface area contributed by atoms with E-state index in [9.17, 15) is 22.8 Å². The number of fused-ring (bicyclic) bond motifs is 1. The second-order valence-electron chi connectivity index (χ2n) is 9.05. The number of carbonyl (C=O) groups excluding carboxylic acids is 2. The van der Waals surface area contributed by atoms with Gasteiger partial charge in [0.1, 0.15) is 5.82 Å². The smallest absolute Gasteiger partial charge is 0.491 e. The lowest BCUT2D eigenvalue weighted by Crippen LogP contribution is -2.48. The number of methoxy groups -OCH3 is 1. The molecule has 1 atom stereocenters. The second kappa shape index (κ2) is 11.6. The molecule has 202 valence electrons. The van der Waals surface area contributed by atoms with E-state index in [0.717, 1.165) is 22.3 Å². The van der Waals surface area contributed by atoms with E-state index in [1.807, 2.05) is 37.3 Å². The SMILES string of the molecule is COc1ccccc1OC(OC(=O)C(F)(F)F)C(=O)NC1CCC(Nc2cc(C)c3ccccc3n2)CC1. The highest BCUT2D eigenvalue weighted by Gasteiger charge is 2.44. The van der Waals surface area contributed by atoms with Crippen LogP contribution in [-0.2, 0) is 14.3 Å². The normalized spacial score (nSPS) is 18.3. The molecule has 1 amide bonds. The summed E-state index contributed by atoms with van der Waals surface area (Å²) < 4.78 is 53.4. The molecule has 4 rings (SSSR count). The Bertz CT molecular complexity index is 1290. The van der Waals surface area contributed by atoms with Gasteiger partial charge in [0, 0.05) is 17.5 Å². The number of aryl methyl sites for hydroxylation is 1. The molecular formula is C27H28F3N3O5. The number of ether oxygens (including phenoxy) is 3. The van der Waals surface area contributed by atoms with E-state index in [1.165, 1.54) is 19.2 Å². The topological polar surface area (TPSA) is 98.8 Å². The van der Waals surface area contributed by atoms with Crippen LogP contribution in [0, 0.1) is 6.92 Å². The Morgan fingerprint density at radius 3 is 2.29 bits per heavy atom. The number of pyridine rings is 1. The van der Waals surface area contributed by atoms with Crippen LogP contribution in [0.4, 0.5) is 19.0 Å². The number of esters is 1. The molecule has 1 aliphatic rings. The molecule has 1 heterocycles. The molecule has 11 heteroatoms. The molecule has 0 radical (unpaired) electrons. The lowest BCUT2D eigenvalue weighted by atomic mass is 9.91. The van der Waals surface area contributed by atoms with Gasteiger partial charge in [-0.15, -0.1) is 0 Å². The molecule has 1 aromatic heterocycles. The average Bonchev–Trinajstić information content (AvgIpc) is 2.89. The lowest BCUT2D eigenvalue weighted by Gasteiger charge is -2.31. The van der Waals surface area contributed by atoms with Crippen LogP contribution in [0.15, 0.2) is 54.6 Å². The van der Waals surface area contributed by atoms with Gasteiger partial charge in [0.25, 0.3) is 0 Å². The molecule has 2 aromatic carbocycles. The van der Waals surface area contributed by atoms with Crippen molar-refractivity contribution in [2.75, 3.05) is 12.4 Å². The number of rotatable bonds is 8. The van der Waals surface area contributed by atoms with Crippen molar-refractivity contribution >= 4 is 28.6 Å².